The van der Waals surface area contributed by atoms with Crippen LogP contribution in [0.1, 0.15) is 44.0 Å². The summed E-state index contributed by atoms with van der Waals surface area (Å²) in [5.74, 6) is 1.94. The number of nitrogens with one attached hydrogen (secondary N) is 3. The molecule has 2 aromatic heterocycles. The van der Waals surface area contributed by atoms with Crippen molar-refractivity contribution in [3.63, 3.8) is 0 Å². The van der Waals surface area contributed by atoms with E-state index in [0.717, 1.165) is 24.8 Å². The van der Waals surface area contributed by atoms with E-state index in [4.69, 9.17) is 21.1 Å². The van der Waals surface area contributed by atoms with Crippen LogP contribution < -0.4 is 25.4 Å². The highest BCUT2D eigenvalue weighted by Crippen LogP contribution is 2.34. The Bertz CT molecular complexity index is 1430. The molecule has 0 aliphatic heterocycles. The number of pyridine rings is 1. The Morgan fingerprint density at radius 3 is 2.62 bits per heavy atom. The average Bonchev–Trinajstić information content (AvgIpc) is 2.93. The number of methoxy groups -OCH3 is 1. The molecule has 0 aliphatic rings. The second-order valence-corrected chi connectivity index (χ2v) is 10.1. The molecule has 0 fully saturated rings. The van der Waals surface area contributed by atoms with Crippen LogP contribution in [0.25, 0.3) is 10.9 Å². The van der Waals surface area contributed by atoms with Crippen LogP contribution in [0.3, 0.4) is 0 Å². The molecule has 2 heterocycles. The van der Waals surface area contributed by atoms with Gasteiger partial charge in [0, 0.05) is 27.6 Å². The molecular formula is C29H33ClN6O3. The van der Waals surface area contributed by atoms with E-state index < -0.39 is 0 Å². The number of ether oxygens (including phenoxy) is 2. The van der Waals surface area contributed by atoms with Crippen molar-refractivity contribution >= 4 is 45.7 Å². The number of benzene rings is 2. The summed E-state index contributed by atoms with van der Waals surface area (Å²) >= 11 is 5.98. The second kappa shape index (κ2) is 12.7. The Labute approximate surface area is 233 Å². The van der Waals surface area contributed by atoms with E-state index in [2.05, 4.69) is 51.7 Å². The third-order valence-corrected chi connectivity index (χ3v) is 6.58. The summed E-state index contributed by atoms with van der Waals surface area (Å²) in [6.45, 7) is 7.97. The van der Waals surface area contributed by atoms with Crippen LogP contribution in [0.5, 0.6) is 11.5 Å². The van der Waals surface area contributed by atoms with Gasteiger partial charge < -0.3 is 25.4 Å². The molecule has 9 nitrogen and oxygen atoms in total. The fourth-order valence-electron chi connectivity index (χ4n) is 3.74. The van der Waals surface area contributed by atoms with E-state index in [-0.39, 0.29) is 11.4 Å². The highest BCUT2D eigenvalue weighted by atomic mass is 35.5. The molecule has 3 N–H and O–H groups in total. The van der Waals surface area contributed by atoms with E-state index in [1.807, 2.05) is 12.1 Å². The summed E-state index contributed by atoms with van der Waals surface area (Å²) in [5, 5.41) is 10.8. The minimum absolute atomic E-state index is 0.113. The Hall–Kier alpha value is -3.95. The van der Waals surface area contributed by atoms with Gasteiger partial charge in [0.05, 0.1) is 31.1 Å². The monoisotopic (exact) mass is 548 g/mol. The lowest BCUT2D eigenvalue weighted by Gasteiger charge is -2.24. The molecule has 1 amide bonds. The molecule has 4 aromatic rings. The van der Waals surface area contributed by atoms with Gasteiger partial charge in [-0.05, 0) is 69.6 Å². The molecule has 0 saturated heterocycles. The maximum Gasteiger partial charge on any atom is 0.256 e. The SMILES string of the molecule is CCC(C)(C)NCCCOc1cc2ncnc(Nc3ccc(NC(=O)c4cccc(Cl)c4)nc3)c2cc1OC. The molecule has 4 rings (SSSR count). The third kappa shape index (κ3) is 7.55. The van der Waals surface area contributed by atoms with Crippen LogP contribution in [0, 0.1) is 0 Å². The van der Waals surface area contributed by atoms with Crippen molar-refractivity contribution in [3.05, 3.63) is 71.6 Å². The summed E-state index contributed by atoms with van der Waals surface area (Å²) in [6.07, 6.45) is 5.03. The maximum absolute atomic E-state index is 12.5. The van der Waals surface area contributed by atoms with Crippen molar-refractivity contribution in [2.45, 2.75) is 39.2 Å². The van der Waals surface area contributed by atoms with Crippen molar-refractivity contribution in [2.24, 2.45) is 0 Å². The number of aromatic nitrogens is 3. The quantitative estimate of drug-likeness (QED) is 0.179. The lowest BCUT2D eigenvalue weighted by atomic mass is 10.0. The van der Waals surface area contributed by atoms with Gasteiger partial charge >= 0.3 is 0 Å². The fourth-order valence-corrected chi connectivity index (χ4v) is 3.93. The third-order valence-electron chi connectivity index (χ3n) is 6.34. The van der Waals surface area contributed by atoms with Crippen LogP contribution >= 0.6 is 11.6 Å². The molecule has 0 aliphatic carbocycles. The number of carbonyl (C=O) groups excluding carboxylic acids is 1. The number of carbonyl (C=O) groups is 1. The lowest BCUT2D eigenvalue weighted by molar-refractivity contribution is 0.102. The Morgan fingerprint density at radius 2 is 1.90 bits per heavy atom. The van der Waals surface area contributed by atoms with Gasteiger partial charge in [-0.15, -0.1) is 0 Å². The number of anilines is 3. The number of halogens is 1. The zero-order chi connectivity index (χ0) is 27.8. The van der Waals surface area contributed by atoms with Crippen LogP contribution in [-0.4, -0.2) is 46.7 Å². The van der Waals surface area contributed by atoms with Crippen molar-refractivity contribution in [3.8, 4) is 11.5 Å². The number of amides is 1. The van der Waals surface area contributed by atoms with Gasteiger partial charge in [-0.25, -0.2) is 15.0 Å². The van der Waals surface area contributed by atoms with Gasteiger partial charge in [-0.1, -0.05) is 24.6 Å². The largest absolute Gasteiger partial charge is 0.493 e. The maximum atomic E-state index is 12.5. The van der Waals surface area contributed by atoms with Crippen molar-refractivity contribution < 1.29 is 14.3 Å². The first-order valence-electron chi connectivity index (χ1n) is 12.8. The Kier molecular flexibility index (Phi) is 9.16. The van der Waals surface area contributed by atoms with Gasteiger partial charge in [0.1, 0.15) is 18.0 Å². The summed E-state index contributed by atoms with van der Waals surface area (Å²) in [7, 11) is 1.61. The second-order valence-electron chi connectivity index (χ2n) is 9.63. The normalized spacial score (nSPS) is 11.3. The molecular weight excluding hydrogens is 516 g/mol. The van der Waals surface area contributed by atoms with Crippen LogP contribution in [0.2, 0.25) is 5.02 Å². The highest BCUT2D eigenvalue weighted by Gasteiger charge is 2.14. The van der Waals surface area contributed by atoms with Gasteiger partial charge in [0.25, 0.3) is 5.91 Å². The van der Waals surface area contributed by atoms with E-state index in [1.54, 1.807) is 49.7 Å². The molecule has 0 radical (unpaired) electrons. The smallest absolute Gasteiger partial charge is 0.256 e. The highest BCUT2D eigenvalue weighted by molar-refractivity contribution is 6.31. The summed E-state index contributed by atoms with van der Waals surface area (Å²) < 4.78 is 11.6. The number of nitrogens with zero attached hydrogens (tertiary/aromatic N) is 3. The summed E-state index contributed by atoms with van der Waals surface area (Å²) in [5.41, 5.74) is 1.97. The molecule has 0 atom stereocenters. The number of rotatable bonds is 12. The lowest BCUT2D eigenvalue weighted by Crippen LogP contribution is -2.39. The van der Waals surface area contributed by atoms with Crippen molar-refractivity contribution in [2.75, 3.05) is 30.9 Å². The number of hydrogen-bond acceptors (Lipinski definition) is 8. The zero-order valence-corrected chi connectivity index (χ0v) is 23.3. The summed E-state index contributed by atoms with van der Waals surface area (Å²) in [6, 6.07) is 14.0. The van der Waals surface area contributed by atoms with E-state index >= 15 is 0 Å². The first kappa shape index (κ1) is 28.1. The number of hydrogen-bond donors (Lipinski definition) is 3. The first-order chi connectivity index (χ1) is 18.8. The van der Waals surface area contributed by atoms with Crippen LogP contribution in [0.4, 0.5) is 17.3 Å². The van der Waals surface area contributed by atoms with Gasteiger partial charge in [0.15, 0.2) is 11.5 Å². The standard InChI is InChI=1S/C29H33ClN6O3/c1-5-29(2,3)34-12-7-13-39-25-16-23-22(15-24(25)38-4)27(33-18-32-23)35-21-10-11-26(31-17-21)36-28(37)19-8-6-9-20(30)14-19/h6,8-11,14-18,34H,5,7,12-13H2,1-4H3,(H,31,36,37)(H,32,33,35). The Balaban J connectivity index is 1.42. The van der Waals surface area contributed by atoms with Crippen molar-refractivity contribution in [1.29, 1.82) is 0 Å². The minimum atomic E-state index is -0.293. The van der Waals surface area contributed by atoms with E-state index in [9.17, 15) is 4.79 Å². The number of fused-ring (bicyclic) bond motifs is 1. The molecule has 0 bridgehead atoms. The van der Waals surface area contributed by atoms with Crippen molar-refractivity contribution in [1.82, 2.24) is 20.3 Å². The molecule has 0 saturated carbocycles. The van der Waals surface area contributed by atoms with Gasteiger partial charge in [-0.2, -0.15) is 0 Å². The van der Waals surface area contributed by atoms with E-state index in [1.165, 1.54) is 6.33 Å². The van der Waals surface area contributed by atoms with Crippen LogP contribution in [-0.2, 0) is 0 Å². The topological polar surface area (TPSA) is 110 Å². The minimum Gasteiger partial charge on any atom is -0.493 e. The molecule has 204 valence electrons. The average molecular weight is 549 g/mol. The fraction of sp³-hybridized carbons (Fsp3) is 0.310. The van der Waals surface area contributed by atoms with Crippen LogP contribution in [0.15, 0.2) is 61.1 Å². The molecule has 39 heavy (non-hydrogen) atoms. The summed E-state index contributed by atoms with van der Waals surface area (Å²) in [4.78, 5) is 25.6. The molecule has 0 unspecified atom stereocenters. The molecule has 10 heteroatoms. The van der Waals surface area contributed by atoms with E-state index in [0.29, 0.717) is 51.5 Å². The first-order valence-corrected chi connectivity index (χ1v) is 13.2. The van der Waals surface area contributed by atoms with Gasteiger partial charge in [0.2, 0.25) is 0 Å². The predicted octanol–water partition coefficient (Wildman–Crippen LogP) is 6.23. The Morgan fingerprint density at radius 1 is 1.05 bits per heavy atom. The van der Waals surface area contributed by atoms with Gasteiger partial charge in [-0.3, -0.25) is 4.79 Å². The molecule has 2 aromatic carbocycles. The predicted molar refractivity (Wildman–Crippen MR) is 155 cm³/mol. The molecule has 0 spiro atoms. The zero-order valence-electron chi connectivity index (χ0n) is 22.5.